The second-order valence-corrected chi connectivity index (χ2v) is 5.17. The third-order valence-corrected chi connectivity index (χ3v) is 3.46. The van der Waals surface area contributed by atoms with Gasteiger partial charge in [0.15, 0.2) is 5.78 Å². The van der Waals surface area contributed by atoms with Crippen LogP contribution >= 0.6 is 0 Å². The van der Waals surface area contributed by atoms with Gasteiger partial charge in [-0.05, 0) is 23.3 Å². The fraction of sp³-hybridized carbons (Fsp3) is 0.167. The van der Waals surface area contributed by atoms with Crippen molar-refractivity contribution in [1.29, 1.82) is 0 Å². The Bertz CT molecular complexity index is 728. The summed E-state index contributed by atoms with van der Waals surface area (Å²) in [5.74, 6) is -2.88. The molecule has 0 bridgehead atoms. The van der Waals surface area contributed by atoms with Crippen LogP contribution in [-0.4, -0.2) is 35.5 Å². The molecule has 2 aromatic carbocycles. The maximum Gasteiger partial charge on any atom is 0.305 e. The van der Waals surface area contributed by atoms with Crippen molar-refractivity contribution in [2.45, 2.75) is 12.5 Å². The van der Waals surface area contributed by atoms with Gasteiger partial charge in [0.25, 0.3) is 5.91 Å². The largest absolute Gasteiger partial charge is 0.481 e. The number of alkyl halides is 1. The maximum atomic E-state index is 12.5. The second kappa shape index (κ2) is 8.01. The van der Waals surface area contributed by atoms with E-state index in [1.165, 1.54) is 0 Å². The summed E-state index contributed by atoms with van der Waals surface area (Å²) in [7, 11) is 0. The van der Waals surface area contributed by atoms with Gasteiger partial charge < -0.3 is 10.4 Å². The van der Waals surface area contributed by atoms with Gasteiger partial charge in [-0.2, -0.15) is 0 Å². The third-order valence-electron chi connectivity index (χ3n) is 3.46. The molecule has 2 N–H and O–H groups in total. The molecule has 0 spiro atoms. The van der Waals surface area contributed by atoms with Crippen LogP contribution in [0, 0.1) is 0 Å². The SMILES string of the molecule is O=C(O)CC(NC(=O)c1ccc(-c2ccccc2)cc1)C(=O)CF. The number of nitrogens with one attached hydrogen (secondary N) is 1. The van der Waals surface area contributed by atoms with Crippen LogP contribution in [-0.2, 0) is 9.59 Å². The van der Waals surface area contributed by atoms with Crippen LogP contribution < -0.4 is 5.32 Å². The molecule has 0 fully saturated rings. The normalized spacial score (nSPS) is 11.5. The lowest BCUT2D eigenvalue weighted by Crippen LogP contribution is -2.43. The van der Waals surface area contributed by atoms with Crippen LogP contribution in [0.15, 0.2) is 54.6 Å². The van der Waals surface area contributed by atoms with Crippen molar-refractivity contribution < 1.29 is 23.9 Å². The highest BCUT2D eigenvalue weighted by atomic mass is 19.1. The molecule has 1 atom stereocenters. The minimum absolute atomic E-state index is 0.261. The number of Topliss-reactive ketones (excluding diaryl/α,β-unsaturated/α-hetero) is 1. The van der Waals surface area contributed by atoms with Gasteiger partial charge in [-0.25, -0.2) is 4.39 Å². The zero-order valence-corrected chi connectivity index (χ0v) is 12.7. The Morgan fingerprint density at radius 3 is 2.08 bits per heavy atom. The van der Waals surface area contributed by atoms with Crippen molar-refractivity contribution in [3.63, 3.8) is 0 Å². The van der Waals surface area contributed by atoms with Gasteiger partial charge in [-0.3, -0.25) is 14.4 Å². The number of rotatable bonds is 7. The van der Waals surface area contributed by atoms with Crippen LogP contribution in [0.4, 0.5) is 4.39 Å². The van der Waals surface area contributed by atoms with Gasteiger partial charge in [0.2, 0.25) is 0 Å². The fourth-order valence-electron chi connectivity index (χ4n) is 2.20. The Balaban J connectivity index is 2.11. The summed E-state index contributed by atoms with van der Waals surface area (Å²) in [6, 6.07) is 14.8. The van der Waals surface area contributed by atoms with Gasteiger partial charge in [0, 0.05) is 5.56 Å². The molecule has 0 radical (unpaired) electrons. The molecular formula is C18H16FNO4. The van der Waals surface area contributed by atoms with Crippen LogP contribution in [0.1, 0.15) is 16.8 Å². The standard InChI is InChI=1S/C18H16FNO4/c19-11-16(21)15(10-17(22)23)20-18(24)14-8-6-13(7-9-14)12-4-2-1-3-5-12/h1-9,15H,10-11H2,(H,20,24)(H,22,23). The summed E-state index contributed by atoms with van der Waals surface area (Å²) in [5, 5.41) is 11.0. The van der Waals surface area contributed by atoms with E-state index in [2.05, 4.69) is 5.32 Å². The van der Waals surface area contributed by atoms with E-state index in [1.54, 1.807) is 24.3 Å². The third kappa shape index (κ3) is 4.49. The summed E-state index contributed by atoms with van der Waals surface area (Å²) in [6.45, 7) is -1.33. The molecule has 0 saturated heterocycles. The molecule has 1 amide bonds. The van der Waals surface area contributed by atoms with E-state index in [0.29, 0.717) is 0 Å². The monoisotopic (exact) mass is 329 g/mol. The number of benzene rings is 2. The number of carbonyl (C=O) groups is 3. The van der Waals surface area contributed by atoms with E-state index < -0.39 is 36.8 Å². The molecular weight excluding hydrogens is 313 g/mol. The molecule has 0 aliphatic heterocycles. The minimum Gasteiger partial charge on any atom is -0.481 e. The highest BCUT2D eigenvalue weighted by Gasteiger charge is 2.23. The highest BCUT2D eigenvalue weighted by Crippen LogP contribution is 2.19. The number of halogens is 1. The first-order valence-corrected chi connectivity index (χ1v) is 7.28. The number of carboxylic acid groups (broad SMARTS) is 1. The molecule has 0 aromatic heterocycles. The average Bonchev–Trinajstić information content (AvgIpc) is 2.61. The Kier molecular flexibility index (Phi) is 5.78. The smallest absolute Gasteiger partial charge is 0.305 e. The van der Waals surface area contributed by atoms with Crippen LogP contribution in [0.25, 0.3) is 11.1 Å². The van der Waals surface area contributed by atoms with Crippen LogP contribution in [0.2, 0.25) is 0 Å². The number of carbonyl (C=O) groups excluding carboxylic acids is 2. The molecule has 0 heterocycles. The number of hydrogen-bond acceptors (Lipinski definition) is 3. The molecule has 1 unspecified atom stereocenters. The van der Waals surface area contributed by atoms with E-state index in [1.807, 2.05) is 30.3 Å². The molecule has 24 heavy (non-hydrogen) atoms. The van der Waals surface area contributed by atoms with Gasteiger partial charge in [-0.15, -0.1) is 0 Å². The first-order chi connectivity index (χ1) is 11.5. The molecule has 0 aliphatic carbocycles. The number of amides is 1. The van der Waals surface area contributed by atoms with E-state index in [-0.39, 0.29) is 5.56 Å². The van der Waals surface area contributed by atoms with Gasteiger partial charge in [0.05, 0.1) is 6.42 Å². The predicted molar refractivity (Wildman–Crippen MR) is 86.4 cm³/mol. The Labute approximate surface area is 138 Å². The topological polar surface area (TPSA) is 83.5 Å². The van der Waals surface area contributed by atoms with Gasteiger partial charge in [0.1, 0.15) is 12.7 Å². The van der Waals surface area contributed by atoms with Gasteiger partial charge in [-0.1, -0.05) is 42.5 Å². The van der Waals surface area contributed by atoms with E-state index in [9.17, 15) is 18.8 Å². The van der Waals surface area contributed by atoms with Crippen molar-refractivity contribution >= 4 is 17.7 Å². The van der Waals surface area contributed by atoms with Crippen molar-refractivity contribution in [2.75, 3.05) is 6.67 Å². The Morgan fingerprint density at radius 2 is 1.54 bits per heavy atom. The van der Waals surface area contributed by atoms with Crippen LogP contribution in [0.5, 0.6) is 0 Å². The number of carboxylic acids is 1. The fourth-order valence-corrected chi connectivity index (χ4v) is 2.20. The zero-order chi connectivity index (χ0) is 17.5. The van der Waals surface area contributed by atoms with E-state index >= 15 is 0 Å². The van der Waals surface area contributed by atoms with Crippen molar-refractivity contribution in [3.8, 4) is 11.1 Å². The zero-order valence-electron chi connectivity index (χ0n) is 12.7. The maximum absolute atomic E-state index is 12.5. The molecule has 2 aromatic rings. The molecule has 0 aliphatic rings. The molecule has 124 valence electrons. The average molecular weight is 329 g/mol. The molecule has 5 nitrogen and oxygen atoms in total. The van der Waals surface area contributed by atoms with Crippen LogP contribution in [0.3, 0.4) is 0 Å². The highest BCUT2D eigenvalue weighted by molar-refractivity contribution is 5.99. The summed E-state index contributed by atoms with van der Waals surface area (Å²) < 4.78 is 12.5. The number of ketones is 1. The minimum atomic E-state index is -1.38. The molecule has 6 heteroatoms. The first-order valence-electron chi connectivity index (χ1n) is 7.28. The quantitative estimate of drug-likeness (QED) is 0.817. The summed E-state index contributed by atoms with van der Waals surface area (Å²) in [4.78, 5) is 34.3. The van der Waals surface area contributed by atoms with E-state index in [4.69, 9.17) is 5.11 Å². The molecule has 0 saturated carbocycles. The predicted octanol–water partition coefficient (Wildman–Crippen LogP) is 2.47. The lowest BCUT2D eigenvalue weighted by atomic mass is 10.0. The summed E-state index contributed by atoms with van der Waals surface area (Å²) in [6.07, 6.45) is -0.656. The first kappa shape index (κ1) is 17.3. The lowest BCUT2D eigenvalue weighted by Gasteiger charge is -2.14. The van der Waals surface area contributed by atoms with Gasteiger partial charge >= 0.3 is 5.97 Å². The van der Waals surface area contributed by atoms with Crippen molar-refractivity contribution in [1.82, 2.24) is 5.32 Å². The molecule has 2 rings (SSSR count). The number of hydrogen-bond donors (Lipinski definition) is 2. The van der Waals surface area contributed by atoms with Crippen molar-refractivity contribution in [3.05, 3.63) is 60.2 Å². The summed E-state index contributed by atoms with van der Waals surface area (Å²) in [5.41, 5.74) is 2.16. The van der Waals surface area contributed by atoms with E-state index in [0.717, 1.165) is 11.1 Å². The second-order valence-electron chi connectivity index (χ2n) is 5.17. The Morgan fingerprint density at radius 1 is 0.958 bits per heavy atom. The Hall–Kier alpha value is -3.02. The number of aliphatic carboxylic acids is 1. The lowest BCUT2D eigenvalue weighted by molar-refractivity contribution is -0.139. The van der Waals surface area contributed by atoms with Crippen molar-refractivity contribution in [2.24, 2.45) is 0 Å². The summed E-state index contributed by atoms with van der Waals surface area (Å²) >= 11 is 0.